The van der Waals surface area contributed by atoms with E-state index in [-0.39, 0.29) is 5.57 Å². The first-order valence-corrected chi connectivity index (χ1v) is 6.24. The maximum Gasteiger partial charge on any atom is 0.263 e. The second-order valence-corrected chi connectivity index (χ2v) is 4.07. The van der Waals surface area contributed by atoms with Crippen LogP contribution < -0.4 is 10.6 Å². The second kappa shape index (κ2) is 7.40. The van der Waals surface area contributed by atoms with Gasteiger partial charge in [-0.25, -0.2) is 4.98 Å². The van der Waals surface area contributed by atoms with E-state index in [1.54, 1.807) is 42.9 Å². The number of aromatic nitrogens is 2. The molecule has 0 aliphatic carbocycles. The minimum absolute atomic E-state index is 0.0236. The molecule has 2 aromatic rings. The van der Waals surface area contributed by atoms with Gasteiger partial charge in [-0.05, 0) is 23.8 Å². The summed E-state index contributed by atoms with van der Waals surface area (Å²) in [6.07, 6.45) is 6.26. The molecule has 0 unspecified atom stereocenters. The minimum atomic E-state index is -0.454. The van der Waals surface area contributed by atoms with Gasteiger partial charge in [0.1, 0.15) is 17.5 Å². The molecule has 0 radical (unpaired) electrons. The third-order valence-electron chi connectivity index (χ3n) is 2.57. The fourth-order valence-electron chi connectivity index (χ4n) is 1.52. The number of nitrogens with zero attached hydrogens (tertiary/aromatic N) is 3. The molecule has 1 amide bonds. The third kappa shape index (κ3) is 4.44. The van der Waals surface area contributed by atoms with Crippen molar-refractivity contribution < 1.29 is 4.79 Å². The summed E-state index contributed by atoms with van der Waals surface area (Å²) in [7, 11) is 0. The van der Waals surface area contributed by atoms with Gasteiger partial charge in [-0.3, -0.25) is 9.78 Å². The molecule has 0 aliphatic rings. The lowest BCUT2D eigenvalue weighted by Gasteiger charge is -2.04. The number of anilines is 1. The molecule has 0 spiro atoms. The molecule has 0 saturated carbocycles. The number of amides is 1. The Bertz CT molecular complexity index is 661. The zero-order valence-corrected chi connectivity index (χ0v) is 11.2. The number of carbonyl (C=O) groups is 1. The zero-order chi connectivity index (χ0) is 14.9. The highest BCUT2D eigenvalue weighted by Gasteiger charge is 2.08. The largest absolute Gasteiger partial charge is 0.347 e. The molecule has 0 bridgehead atoms. The Kier molecular flexibility index (Phi) is 5.01. The molecule has 2 heterocycles. The third-order valence-corrected chi connectivity index (χ3v) is 2.57. The van der Waals surface area contributed by atoms with Crippen LogP contribution in [0.2, 0.25) is 0 Å². The van der Waals surface area contributed by atoms with Crippen LogP contribution >= 0.6 is 0 Å². The molecular formula is C15H13N5O. The van der Waals surface area contributed by atoms with Gasteiger partial charge >= 0.3 is 0 Å². The van der Waals surface area contributed by atoms with Crippen molar-refractivity contribution in [1.82, 2.24) is 15.3 Å². The molecule has 104 valence electrons. The number of nitriles is 1. The lowest BCUT2D eigenvalue weighted by Crippen LogP contribution is -2.24. The van der Waals surface area contributed by atoms with Crippen LogP contribution in [-0.2, 0) is 11.3 Å². The van der Waals surface area contributed by atoms with Crippen LogP contribution in [0.4, 0.5) is 5.82 Å². The number of rotatable bonds is 5. The van der Waals surface area contributed by atoms with Gasteiger partial charge in [0, 0.05) is 31.3 Å². The number of hydrogen-bond donors (Lipinski definition) is 2. The van der Waals surface area contributed by atoms with Crippen molar-refractivity contribution in [3.63, 3.8) is 0 Å². The number of hydrogen-bond acceptors (Lipinski definition) is 5. The molecule has 0 aliphatic heterocycles. The Balaban J connectivity index is 1.94. The van der Waals surface area contributed by atoms with Crippen molar-refractivity contribution in [2.45, 2.75) is 6.54 Å². The van der Waals surface area contributed by atoms with Crippen molar-refractivity contribution in [3.05, 3.63) is 66.3 Å². The quantitative estimate of drug-likeness (QED) is 0.641. The van der Waals surface area contributed by atoms with Gasteiger partial charge in [0.15, 0.2) is 0 Å². The Morgan fingerprint density at radius 3 is 2.86 bits per heavy atom. The van der Waals surface area contributed by atoms with Crippen LogP contribution in [0, 0.1) is 11.3 Å². The highest BCUT2D eigenvalue weighted by Crippen LogP contribution is 2.02. The Morgan fingerprint density at radius 2 is 2.19 bits per heavy atom. The molecule has 2 N–H and O–H groups in total. The van der Waals surface area contributed by atoms with Gasteiger partial charge in [-0.1, -0.05) is 12.1 Å². The molecule has 0 saturated heterocycles. The summed E-state index contributed by atoms with van der Waals surface area (Å²) in [5.41, 5.74) is 0.838. The summed E-state index contributed by atoms with van der Waals surface area (Å²) in [5, 5.41) is 14.5. The van der Waals surface area contributed by atoms with E-state index >= 15 is 0 Å². The molecular weight excluding hydrogens is 266 g/mol. The van der Waals surface area contributed by atoms with Crippen LogP contribution in [0.25, 0.3) is 0 Å². The lowest BCUT2D eigenvalue weighted by atomic mass is 10.2. The highest BCUT2D eigenvalue weighted by molar-refractivity contribution is 5.97. The summed E-state index contributed by atoms with van der Waals surface area (Å²) >= 11 is 0. The molecule has 21 heavy (non-hydrogen) atoms. The molecule has 0 aromatic carbocycles. The van der Waals surface area contributed by atoms with Crippen molar-refractivity contribution in [1.29, 1.82) is 5.26 Å². The first-order valence-electron chi connectivity index (χ1n) is 6.24. The van der Waals surface area contributed by atoms with E-state index < -0.39 is 5.91 Å². The fourth-order valence-corrected chi connectivity index (χ4v) is 1.52. The summed E-state index contributed by atoms with van der Waals surface area (Å²) in [6.45, 7) is 0.315. The van der Waals surface area contributed by atoms with E-state index in [1.807, 2.05) is 12.1 Å². The Hall–Kier alpha value is -3.20. The van der Waals surface area contributed by atoms with E-state index in [0.29, 0.717) is 12.4 Å². The van der Waals surface area contributed by atoms with Crippen molar-refractivity contribution in [2.75, 3.05) is 5.32 Å². The van der Waals surface area contributed by atoms with Crippen molar-refractivity contribution in [3.8, 4) is 6.07 Å². The maximum atomic E-state index is 11.9. The van der Waals surface area contributed by atoms with Crippen LogP contribution in [0.15, 0.2) is 60.7 Å². The van der Waals surface area contributed by atoms with E-state index in [0.717, 1.165) is 5.56 Å². The summed E-state index contributed by atoms with van der Waals surface area (Å²) in [4.78, 5) is 19.9. The topological polar surface area (TPSA) is 90.7 Å². The fraction of sp³-hybridized carbons (Fsp3) is 0.0667. The zero-order valence-electron chi connectivity index (χ0n) is 11.2. The molecule has 6 nitrogen and oxygen atoms in total. The Labute approximate surface area is 122 Å². The maximum absolute atomic E-state index is 11.9. The van der Waals surface area contributed by atoms with E-state index in [2.05, 4.69) is 20.6 Å². The average Bonchev–Trinajstić information content (AvgIpc) is 2.55. The smallest absolute Gasteiger partial charge is 0.263 e. The molecule has 6 heteroatoms. The monoisotopic (exact) mass is 279 g/mol. The summed E-state index contributed by atoms with van der Waals surface area (Å²) in [6, 6.07) is 10.8. The van der Waals surface area contributed by atoms with Gasteiger partial charge in [-0.2, -0.15) is 5.26 Å². The predicted molar refractivity (Wildman–Crippen MR) is 77.6 cm³/mol. The standard InChI is InChI=1S/C15H13N5O/c16-8-13(11-19-14-5-1-2-7-18-14)15(21)20-10-12-4-3-6-17-9-12/h1-7,9,11H,10H2,(H,18,19)(H,20,21)/b13-11-. The van der Waals surface area contributed by atoms with Crippen LogP contribution in [0.1, 0.15) is 5.56 Å². The summed E-state index contributed by atoms with van der Waals surface area (Å²) in [5.74, 6) is 0.107. The number of nitrogens with one attached hydrogen (secondary N) is 2. The van der Waals surface area contributed by atoms with Gasteiger partial charge < -0.3 is 10.6 Å². The number of pyridine rings is 2. The second-order valence-electron chi connectivity index (χ2n) is 4.07. The highest BCUT2D eigenvalue weighted by atomic mass is 16.1. The first-order chi connectivity index (χ1) is 10.3. The SMILES string of the molecule is N#C/C(=C/Nc1ccccn1)C(=O)NCc1cccnc1. The summed E-state index contributed by atoms with van der Waals surface area (Å²) < 4.78 is 0. The van der Waals surface area contributed by atoms with Crippen LogP contribution in [0.5, 0.6) is 0 Å². The van der Waals surface area contributed by atoms with E-state index in [9.17, 15) is 4.79 Å². The first kappa shape index (κ1) is 14.2. The van der Waals surface area contributed by atoms with Crippen molar-refractivity contribution in [2.24, 2.45) is 0 Å². The van der Waals surface area contributed by atoms with E-state index in [1.165, 1.54) is 6.20 Å². The van der Waals surface area contributed by atoms with Crippen LogP contribution in [0.3, 0.4) is 0 Å². The average molecular weight is 279 g/mol. The predicted octanol–water partition coefficient (Wildman–Crippen LogP) is 1.61. The molecule has 2 rings (SSSR count). The number of carbonyl (C=O) groups excluding carboxylic acids is 1. The molecule has 0 atom stereocenters. The van der Waals surface area contributed by atoms with Gasteiger partial charge in [0.25, 0.3) is 5.91 Å². The Morgan fingerprint density at radius 1 is 1.29 bits per heavy atom. The normalized spacial score (nSPS) is 10.5. The van der Waals surface area contributed by atoms with Crippen molar-refractivity contribution >= 4 is 11.7 Å². The van der Waals surface area contributed by atoms with Gasteiger partial charge in [-0.15, -0.1) is 0 Å². The van der Waals surface area contributed by atoms with Gasteiger partial charge in [0.2, 0.25) is 0 Å². The molecule has 0 fully saturated rings. The van der Waals surface area contributed by atoms with Gasteiger partial charge in [0.05, 0.1) is 0 Å². The van der Waals surface area contributed by atoms with E-state index in [4.69, 9.17) is 5.26 Å². The van der Waals surface area contributed by atoms with Crippen LogP contribution in [-0.4, -0.2) is 15.9 Å². The lowest BCUT2D eigenvalue weighted by molar-refractivity contribution is -0.117. The molecule has 2 aromatic heterocycles. The minimum Gasteiger partial charge on any atom is -0.347 e.